The van der Waals surface area contributed by atoms with Crippen molar-refractivity contribution < 1.29 is 19.7 Å². The number of carboxylic acid groups (broad SMARTS) is 1. The van der Waals surface area contributed by atoms with Gasteiger partial charge in [0, 0.05) is 6.07 Å². The van der Waals surface area contributed by atoms with Gasteiger partial charge in [-0.2, -0.15) is 5.26 Å². The Labute approximate surface area is 98.9 Å². The molecule has 0 spiro atoms. The summed E-state index contributed by atoms with van der Waals surface area (Å²) in [7, 11) is 1.43. The van der Waals surface area contributed by atoms with Crippen LogP contribution in [0, 0.1) is 17.2 Å². The third-order valence-corrected chi connectivity index (χ3v) is 2.47. The molecular formula is C12H13NO4. The molecule has 17 heavy (non-hydrogen) atoms. The van der Waals surface area contributed by atoms with E-state index < -0.39 is 11.9 Å². The zero-order valence-electron chi connectivity index (χ0n) is 9.60. The Kier molecular flexibility index (Phi) is 3.94. The largest absolute Gasteiger partial charge is 0.506 e. The lowest BCUT2D eigenvalue weighted by Crippen LogP contribution is -2.13. The molecule has 5 heteroatoms. The van der Waals surface area contributed by atoms with Gasteiger partial charge in [-0.1, -0.05) is 6.92 Å². The van der Waals surface area contributed by atoms with Crippen molar-refractivity contribution in [1.29, 1.82) is 5.26 Å². The minimum absolute atomic E-state index is 0.110. The number of carbonyl (C=O) groups is 1. The van der Waals surface area contributed by atoms with Crippen molar-refractivity contribution in [2.45, 2.75) is 13.3 Å². The van der Waals surface area contributed by atoms with E-state index in [2.05, 4.69) is 0 Å². The topological polar surface area (TPSA) is 90.5 Å². The lowest BCUT2D eigenvalue weighted by molar-refractivity contribution is -0.141. The van der Waals surface area contributed by atoms with E-state index in [0.717, 1.165) is 0 Å². The minimum atomic E-state index is -0.918. The van der Waals surface area contributed by atoms with Crippen LogP contribution in [0.4, 0.5) is 0 Å². The van der Waals surface area contributed by atoms with Crippen LogP contribution in [0.5, 0.6) is 11.5 Å². The first kappa shape index (κ1) is 12.8. The summed E-state index contributed by atoms with van der Waals surface area (Å²) in [4.78, 5) is 10.8. The van der Waals surface area contributed by atoms with E-state index in [1.165, 1.54) is 19.2 Å². The number of carboxylic acids is 1. The van der Waals surface area contributed by atoms with Gasteiger partial charge >= 0.3 is 5.97 Å². The fourth-order valence-corrected chi connectivity index (χ4v) is 1.47. The molecule has 0 radical (unpaired) electrons. The molecule has 0 aliphatic carbocycles. The van der Waals surface area contributed by atoms with Crippen LogP contribution in [-0.4, -0.2) is 23.3 Å². The summed E-state index contributed by atoms with van der Waals surface area (Å²) >= 11 is 0. The molecule has 1 rings (SSSR count). The zero-order valence-corrected chi connectivity index (χ0v) is 9.60. The predicted molar refractivity (Wildman–Crippen MR) is 59.9 cm³/mol. The number of aromatic hydroxyl groups is 1. The number of hydrogen-bond donors (Lipinski definition) is 2. The molecule has 5 nitrogen and oxygen atoms in total. The van der Waals surface area contributed by atoms with Crippen LogP contribution in [-0.2, 0) is 11.2 Å². The number of phenols is 1. The molecule has 0 saturated carbocycles. The zero-order chi connectivity index (χ0) is 13.0. The van der Waals surface area contributed by atoms with Gasteiger partial charge in [0.2, 0.25) is 0 Å². The van der Waals surface area contributed by atoms with E-state index in [0.29, 0.717) is 11.3 Å². The molecule has 0 amide bonds. The first-order valence-corrected chi connectivity index (χ1v) is 5.02. The van der Waals surface area contributed by atoms with E-state index in [9.17, 15) is 9.90 Å². The van der Waals surface area contributed by atoms with Crippen molar-refractivity contribution in [2.75, 3.05) is 7.11 Å². The van der Waals surface area contributed by atoms with Crippen LogP contribution in [0.1, 0.15) is 18.1 Å². The standard InChI is InChI=1S/C12H13NO4/c1-7(12(15)16)3-8-4-9(6-13)10(14)5-11(8)17-2/h4-5,7,14H,3H2,1-2H3,(H,15,16). The summed E-state index contributed by atoms with van der Waals surface area (Å²) in [5, 5.41) is 27.1. The number of ether oxygens (including phenoxy) is 1. The quantitative estimate of drug-likeness (QED) is 0.825. The van der Waals surface area contributed by atoms with Crippen molar-refractivity contribution in [3.05, 3.63) is 23.3 Å². The minimum Gasteiger partial charge on any atom is -0.506 e. The number of nitriles is 1. The summed E-state index contributed by atoms with van der Waals surface area (Å²) < 4.78 is 5.04. The van der Waals surface area contributed by atoms with Crippen molar-refractivity contribution >= 4 is 5.97 Å². The maximum absolute atomic E-state index is 10.8. The molecule has 0 aliphatic heterocycles. The second-order valence-electron chi connectivity index (χ2n) is 3.74. The van der Waals surface area contributed by atoms with Gasteiger partial charge in [-0.05, 0) is 18.1 Å². The first-order chi connectivity index (χ1) is 7.99. The predicted octanol–water partition coefficient (Wildman–Crippen LogP) is 1.54. The SMILES string of the molecule is COc1cc(O)c(C#N)cc1CC(C)C(=O)O. The van der Waals surface area contributed by atoms with Crippen LogP contribution >= 0.6 is 0 Å². The normalized spacial score (nSPS) is 11.6. The third-order valence-electron chi connectivity index (χ3n) is 2.47. The molecule has 90 valence electrons. The second-order valence-corrected chi connectivity index (χ2v) is 3.74. The van der Waals surface area contributed by atoms with E-state index in [-0.39, 0.29) is 17.7 Å². The Morgan fingerprint density at radius 1 is 1.59 bits per heavy atom. The molecule has 1 unspecified atom stereocenters. The van der Waals surface area contributed by atoms with Gasteiger partial charge in [0.15, 0.2) is 0 Å². The number of aliphatic carboxylic acids is 1. The lowest BCUT2D eigenvalue weighted by Gasteiger charge is -2.12. The highest BCUT2D eigenvalue weighted by Gasteiger charge is 2.16. The highest BCUT2D eigenvalue weighted by atomic mass is 16.5. The van der Waals surface area contributed by atoms with E-state index in [1.807, 2.05) is 6.07 Å². The molecule has 0 aliphatic rings. The van der Waals surface area contributed by atoms with Gasteiger partial charge in [-0.3, -0.25) is 4.79 Å². The molecule has 1 aromatic rings. The van der Waals surface area contributed by atoms with Gasteiger partial charge in [-0.15, -0.1) is 0 Å². The Hall–Kier alpha value is -2.22. The molecular weight excluding hydrogens is 222 g/mol. The van der Waals surface area contributed by atoms with E-state index in [4.69, 9.17) is 15.1 Å². The molecule has 0 fully saturated rings. The van der Waals surface area contributed by atoms with Crippen LogP contribution in [0.25, 0.3) is 0 Å². The average Bonchev–Trinajstić information content (AvgIpc) is 2.30. The van der Waals surface area contributed by atoms with Crippen molar-refractivity contribution in [2.24, 2.45) is 5.92 Å². The number of nitrogens with zero attached hydrogens (tertiary/aromatic N) is 1. The highest BCUT2D eigenvalue weighted by Crippen LogP contribution is 2.29. The van der Waals surface area contributed by atoms with Crippen LogP contribution in [0.3, 0.4) is 0 Å². The summed E-state index contributed by atoms with van der Waals surface area (Å²) in [6.45, 7) is 1.57. The smallest absolute Gasteiger partial charge is 0.306 e. The van der Waals surface area contributed by atoms with Gasteiger partial charge in [-0.25, -0.2) is 0 Å². The fourth-order valence-electron chi connectivity index (χ4n) is 1.47. The third kappa shape index (κ3) is 2.88. The first-order valence-electron chi connectivity index (χ1n) is 5.02. The van der Waals surface area contributed by atoms with Crippen LogP contribution in [0.2, 0.25) is 0 Å². The molecule has 0 aromatic heterocycles. The monoisotopic (exact) mass is 235 g/mol. The summed E-state index contributed by atoms with van der Waals surface area (Å²) in [6, 6.07) is 4.61. The maximum atomic E-state index is 10.8. The van der Waals surface area contributed by atoms with Crippen molar-refractivity contribution in [1.82, 2.24) is 0 Å². The number of benzene rings is 1. The average molecular weight is 235 g/mol. The Balaban J connectivity index is 3.13. The van der Waals surface area contributed by atoms with Gasteiger partial charge in [0.25, 0.3) is 0 Å². The highest BCUT2D eigenvalue weighted by molar-refractivity contribution is 5.70. The molecule has 0 heterocycles. The molecule has 1 atom stereocenters. The van der Waals surface area contributed by atoms with E-state index >= 15 is 0 Å². The fraction of sp³-hybridized carbons (Fsp3) is 0.333. The summed E-state index contributed by atoms with van der Waals surface area (Å²) in [6.07, 6.45) is 0.244. The van der Waals surface area contributed by atoms with Crippen molar-refractivity contribution in [3.63, 3.8) is 0 Å². The Bertz CT molecular complexity index is 476. The van der Waals surface area contributed by atoms with E-state index in [1.54, 1.807) is 6.92 Å². The Morgan fingerprint density at radius 3 is 2.71 bits per heavy atom. The van der Waals surface area contributed by atoms with Gasteiger partial charge in [0.1, 0.15) is 17.6 Å². The van der Waals surface area contributed by atoms with Crippen LogP contribution in [0.15, 0.2) is 12.1 Å². The maximum Gasteiger partial charge on any atom is 0.306 e. The number of rotatable bonds is 4. The lowest BCUT2D eigenvalue weighted by atomic mass is 9.98. The van der Waals surface area contributed by atoms with Gasteiger partial charge in [0.05, 0.1) is 18.6 Å². The molecule has 1 aromatic carbocycles. The summed E-state index contributed by atoms with van der Waals surface area (Å²) in [5.74, 6) is -1.29. The van der Waals surface area contributed by atoms with Crippen LogP contribution < -0.4 is 4.74 Å². The molecule has 2 N–H and O–H groups in total. The second kappa shape index (κ2) is 5.21. The molecule has 0 bridgehead atoms. The number of hydrogen-bond acceptors (Lipinski definition) is 4. The van der Waals surface area contributed by atoms with Crippen molar-refractivity contribution in [3.8, 4) is 17.6 Å². The molecule has 0 saturated heterocycles. The number of methoxy groups -OCH3 is 1. The summed E-state index contributed by atoms with van der Waals surface area (Å²) in [5.41, 5.74) is 0.704. The van der Waals surface area contributed by atoms with Gasteiger partial charge < -0.3 is 14.9 Å². The Morgan fingerprint density at radius 2 is 2.24 bits per heavy atom. The number of phenolic OH excluding ortho intramolecular Hbond substituents is 1.